The number of nitrogens with one attached hydrogen (secondary N) is 1. The lowest BCUT2D eigenvalue weighted by Crippen LogP contribution is -2.03. The summed E-state index contributed by atoms with van der Waals surface area (Å²) in [6, 6.07) is 9.95. The molecule has 2 aromatic rings. The highest BCUT2D eigenvalue weighted by atomic mass is 79.9. The van der Waals surface area contributed by atoms with Crippen LogP contribution in [-0.2, 0) is 6.54 Å². The maximum Gasteiger partial charge on any atom is 0.126 e. The molecule has 2 rings (SSSR count). The molecule has 0 aromatic heterocycles. The molecule has 0 atom stereocenters. The molecule has 0 saturated carbocycles. The molecule has 0 unspecified atom stereocenters. The van der Waals surface area contributed by atoms with Gasteiger partial charge in [-0.15, -0.1) is 0 Å². The molecule has 106 valence electrons. The number of halogens is 2. The summed E-state index contributed by atoms with van der Waals surface area (Å²) in [5, 5.41) is 4.17. The zero-order valence-electron chi connectivity index (χ0n) is 11.8. The maximum atomic E-state index is 5.95. The number of anilines is 1. The maximum absolute atomic E-state index is 5.95. The Kier molecular flexibility index (Phi) is 4.95. The Labute approximate surface area is 133 Å². The van der Waals surface area contributed by atoms with Crippen LogP contribution in [0.3, 0.4) is 0 Å². The number of hydrogen-bond acceptors (Lipinski definition) is 2. The Morgan fingerprint density at radius 3 is 2.60 bits per heavy atom. The molecule has 0 aliphatic heterocycles. The van der Waals surface area contributed by atoms with Gasteiger partial charge in [0.05, 0.1) is 7.11 Å². The van der Waals surface area contributed by atoms with Crippen LogP contribution < -0.4 is 10.1 Å². The van der Waals surface area contributed by atoms with Crippen molar-refractivity contribution >= 4 is 33.2 Å². The van der Waals surface area contributed by atoms with Crippen molar-refractivity contribution in [2.45, 2.75) is 20.4 Å². The number of aryl methyl sites for hydroxylation is 1. The van der Waals surface area contributed by atoms with E-state index in [0.717, 1.165) is 44.2 Å². The van der Waals surface area contributed by atoms with Gasteiger partial charge in [0.2, 0.25) is 0 Å². The average molecular weight is 355 g/mol. The predicted molar refractivity (Wildman–Crippen MR) is 88.9 cm³/mol. The van der Waals surface area contributed by atoms with Crippen molar-refractivity contribution in [2.24, 2.45) is 0 Å². The van der Waals surface area contributed by atoms with Crippen LogP contribution in [0.1, 0.15) is 16.7 Å². The van der Waals surface area contributed by atoms with Crippen molar-refractivity contribution in [3.05, 3.63) is 56.5 Å². The predicted octanol–water partition coefficient (Wildman–Crippen LogP) is 5.34. The van der Waals surface area contributed by atoms with Crippen LogP contribution in [0.4, 0.5) is 5.69 Å². The van der Waals surface area contributed by atoms with Crippen molar-refractivity contribution in [1.29, 1.82) is 0 Å². The summed E-state index contributed by atoms with van der Waals surface area (Å²) in [5.41, 5.74) is 4.50. The van der Waals surface area contributed by atoms with E-state index in [1.165, 1.54) is 0 Å². The smallest absolute Gasteiger partial charge is 0.126 e. The quantitative estimate of drug-likeness (QED) is 0.800. The Hall–Kier alpha value is -1.19. The van der Waals surface area contributed by atoms with Crippen molar-refractivity contribution in [1.82, 2.24) is 0 Å². The van der Waals surface area contributed by atoms with Gasteiger partial charge >= 0.3 is 0 Å². The summed E-state index contributed by atoms with van der Waals surface area (Å²) >= 11 is 9.48. The van der Waals surface area contributed by atoms with E-state index in [1.807, 2.05) is 25.1 Å². The number of rotatable bonds is 4. The minimum absolute atomic E-state index is 0.727. The highest BCUT2D eigenvalue weighted by Gasteiger charge is 2.08. The minimum Gasteiger partial charge on any atom is -0.496 e. The monoisotopic (exact) mass is 353 g/mol. The Balaban J connectivity index is 2.19. The van der Waals surface area contributed by atoms with Gasteiger partial charge in [-0.2, -0.15) is 0 Å². The molecule has 0 spiro atoms. The molecule has 0 fully saturated rings. The Morgan fingerprint density at radius 2 is 1.95 bits per heavy atom. The van der Waals surface area contributed by atoms with Crippen LogP contribution in [0, 0.1) is 13.8 Å². The second kappa shape index (κ2) is 6.51. The molecule has 0 saturated heterocycles. The van der Waals surface area contributed by atoms with Crippen LogP contribution in [0.2, 0.25) is 5.02 Å². The molecule has 20 heavy (non-hydrogen) atoms. The van der Waals surface area contributed by atoms with E-state index in [9.17, 15) is 0 Å². The minimum atomic E-state index is 0.727. The van der Waals surface area contributed by atoms with Crippen molar-refractivity contribution in [3.63, 3.8) is 0 Å². The molecule has 0 radical (unpaired) electrons. The first kappa shape index (κ1) is 15.2. The number of benzene rings is 2. The van der Waals surface area contributed by atoms with Gasteiger partial charge in [0, 0.05) is 27.3 Å². The van der Waals surface area contributed by atoms with Crippen molar-refractivity contribution in [2.75, 3.05) is 12.4 Å². The van der Waals surface area contributed by atoms with Crippen LogP contribution in [0.25, 0.3) is 0 Å². The molecular formula is C16H17BrClNO. The lowest BCUT2D eigenvalue weighted by atomic mass is 10.1. The highest BCUT2D eigenvalue weighted by molar-refractivity contribution is 9.10. The first-order valence-electron chi connectivity index (χ1n) is 6.35. The van der Waals surface area contributed by atoms with Gasteiger partial charge in [0.15, 0.2) is 0 Å². The van der Waals surface area contributed by atoms with Gasteiger partial charge in [0.25, 0.3) is 0 Å². The Morgan fingerprint density at radius 1 is 1.20 bits per heavy atom. The largest absolute Gasteiger partial charge is 0.496 e. The number of hydrogen-bond donors (Lipinski definition) is 1. The lowest BCUT2D eigenvalue weighted by Gasteiger charge is -2.15. The summed E-state index contributed by atoms with van der Waals surface area (Å²) < 4.78 is 6.45. The fraction of sp³-hybridized carbons (Fsp3) is 0.250. The lowest BCUT2D eigenvalue weighted by molar-refractivity contribution is 0.409. The SMILES string of the molecule is COc1c(C)ccc(NCc2ccc(Cl)cc2Br)c1C. The zero-order chi connectivity index (χ0) is 14.7. The highest BCUT2D eigenvalue weighted by Crippen LogP contribution is 2.30. The molecule has 0 heterocycles. The Bertz CT molecular complexity index is 628. The molecule has 4 heteroatoms. The summed E-state index contributed by atoms with van der Waals surface area (Å²) in [6.07, 6.45) is 0. The third-order valence-electron chi connectivity index (χ3n) is 3.29. The van der Waals surface area contributed by atoms with Crippen LogP contribution >= 0.6 is 27.5 Å². The average Bonchev–Trinajstić information content (AvgIpc) is 2.40. The van der Waals surface area contributed by atoms with Gasteiger partial charge in [0.1, 0.15) is 5.75 Å². The van der Waals surface area contributed by atoms with E-state index >= 15 is 0 Å². The van der Waals surface area contributed by atoms with Gasteiger partial charge in [-0.1, -0.05) is 39.7 Å². The number of methoxy groups -OCH3 is 1. The fourth-order valence-corrected chi connectivity index (χ4v) is 3.01. The van der Waals surface area contributed by atoms with E-state index in [0.29, 0.717) is 0 Å². The van der Waals surface area contributed by atoms with Gasteiger partial charge in [-0.05, 0) is 43.2 Å². The summed E-state index contributed by atoms with van der Waals surface area (Å²) in [6.45, 7) is 4.83. The van der Waals surface area contributed by atoms with Crippen molar-refractivity contribution < 1.29 is 4.74 Å². The van der Waals surface area contributed by atoms with Gasteiger partial charge in [-0.3, -0.25) is 0 Å². The fourth-order valence-electron chi connectivity index (χ4n) is 2.19. The standard InChI is InChI=1S/C16H17BrClNO/c1-10-4-7-15(11(2)16(10)20-3)19-9-12-5-6-13(18)8-14(12)17/h4-8,19H,9H2,1-3H3. The second-order valence-electron chi connectivity index (χ2n) is 4.68. The summed E-state index contributed by atoms with van der Waals surface area (Å²) in [7, 11) is 1.70. The van der Waals surface area contributed by atoms with E-state index in [-0.39, 0.29) is 0 Å². The topological polar surface area (TPSA) is 21.3 Å². The first-order valence-corrected chi connectivity index (χ1v) is 7.52. The number of ether oxygens (including phenoxy) is 1. The third kappa shape index (κ3) is 3.28. The molecule has 2 nitrogen and oxygen atoms in total. The van der Waals surface area contributed by atoms with Crippen LogP contribution in [0.5, 0.6) is 5.75 Å². The molecular weight excluding hydrogens is 338 g/mol. The second-order valence-corrected chi connectivity index (χ2v) is 5.97. The molecule has 0 aliphatic rings. The van der Waals surface area contributed by atoms with Gasteiger partial charge in [-0.25, -0.2) is 0 Å². The van der Waals surface area contributed by atoms with E-state index in [2.05, 4.69) is 40.3 Å². The summed E-state index contributed by atoms with van der Waals surface area (Å²) in [4.78, 5) is 0. The molecule has 2 aromatic carbocycles. The van der Waals surface area contributed by atoms with E-state index < -0.39 is 0 Å². The van der Waals surface area contributed by atoms with E-state index in [4.69, 9.17) is 16.3 Å². The summed E-state index contributed by atoms with van der Waals surface area (Å²) in [5.74, 6) is 0.935. The molecule has 0 bridgehead atoms. The van der Waals surface area contributed by atoms with E-state index in [1.54, 1.807) is 7.11 Å². The van der Waals surface area contributed by atoms with Crippen LogP contribution in [0.15, 0.2) is 34.8 Å². The van der Waals surface area contributed by atoms with Crippen LogP contribution in [-0.4, -0.2) is 7.11 Å². The normalized spacial score (nSPS) is 10.4. The molecule has 0 amide bonds. The van der Waals surface area contributed by atoms with Crippen molar-refractivity contribution in [3.8, 4) is 5.75 Å². The molecule has 0 aliphatic carbocycles. The zero-order valence-corrected chi connectivity index (χ0v) is 14.1. The molecule has 1 N–H and O–H groups in total. The van der Waals surface area contributed by atoms with Gasteiger partial charge < -0.3 is 10.1 Å². The first-order chi connectivity index (χ1) is 9.52. The third-order valence-corrected chi connectivity index (χ3v) is 4.26.